The standard InChI is InChI=1S/C29H27N3O5S/c1-29(2,3)18-9-10-19-22(14-18)38-28(31-19)32-24(17-7-6-12-30-15-17)23(26(34)27(32)35)25(33)16-8-11-20(36-4)21(13-16)37-5/h6-15,24,33H,1-5H3/b25-23+. The molecule has 8 nitrogen and oxygen atoms in total. The van der Waals surface area contributed by atoms with Crippen LogP contribution in [0.2, 0.25) is 0 Å². The van der Waals surface area contributed by atoms with E-state index in [2.05, 4.69) is 31.8 Å². The van der Waals surface area contributed by atoms with Gasteiger partial charge in [0.1, 0.15) is 5.76 Å². The normalized spacial score (nSPS) is 17.3. The Bertz CT molecular complexity index is 1590. The summed E-state index contributed by atoms with van der Waals surface area (Å²) in [5, 5.41) is 11.8. The van der Waals surface area contributed by atoms with Crippen LogP contribution in [-0.4, -0.2) is 41.0 Å². The Kier molecular flexibility index (Phi) is 6.40. The first-order valence-electron chi connectivity index (χ1n) is 12.0. The fourth-order valence-electron chi connectivity index (χ4n) is 4.50. The van der Waals surface area contributed by atoms with E-state index in [0.717, 1.165) is 15.8 Å². The number of anilines is 1. The van der Waals surface area contributed by atoms with Gasteiger partial charge in [-0.1, -0.05) is 44.2 Å². The van der Waals surface area contributed by atoms with Crippen LogP contribution >= 0.6 is 11.3 Å². The summed E-state index contributed by atoms with van der Waals surface area (Å²) in [7, 11) is 2.99. The van der Waals surface area contributed by atoms with Gasteiger partial charge < -0.3 is 14.6 Å². The molecule has 1 aliphatic heterocycles. The van der Waals surface area contributed by atoms with E-state index in [9.17, 15) is 14.7 Å². The molecular formula is C29H27N3O5S. The second-order valence-corrected chi connectivity index (χ2v) is 11.0. The van der Waals surface area contributed by atoms with Crippen molar-refractivity contribution >= 4 is 44.1 Å². The predicted octanol–water partition coefficient (Wildman–Crippen LogP) is 5.63. The van der Waals surface area contributed by atoms with Gasteiger partial charge in [0.05, 0.1) is 36.1 Å². The monoisotopic (exact) mass is 529 g/mol. The molecule has 1 N–H and O–H groups in total. The van der Waals surface area contributed by atoms with Crippen molar-refractivity contribution in [3.63, 3.8) is 0 Å². The summed E-state index contributed by atoms with van der Waals surface area (Å²) in [6.45, 7) is 6.39. The summed E-state index contributed by atoms with van der Waals surface area (Å²) in [5.74, 6) is -1.05. The molecule has 1 atom stereocenters. The fourth-order valence-corrected chi connectivity index (χ4v) is 5.54. The lowest BCUT2D eigenvalue weighted by Gasteiger charge is -2.22. The number of aromatic nitrogens is 2. The zero-order valence-corrected chi connectivity index (χ0v) is 22.5. The minimum absolute atomic E-state index is 0.0511. The molecule has 4 aromatic rings. The number of benzene rings is 2. The Morgan fingerprint density at radius 3 is 2.45 bits per heavy atom. The third kappa shape index (κ3) is 4.28. The summed E-state index contributed by atoms with van der Waals surface area (Å²) in [6, 6.07) is 13.4. The van der Waals surface area contributed by atoms with Crippen LogP contribution in [0.4, 0.5) is 5.13 Å². The first-order chi connectivity index (χ1) is 18.1. The minimum atomic E-state index is -0.917. The van der Waals surface area contributed by atoms with E-state index in [4.69, 9.17) is 14.5 Å². The molecule has 1 fully saturated rings. The van der Waals surface area contributed by atoms with Gasteiger partial charge in [0.15, 0.2) is 16.6 Å². The number of Topliss-reactive ketones (excluding diaryl/α,β-unsaturated/α-hetero) is 1. The van der Waals surface area contributed by atoms with Crippen molar-refractivity contribution in [2.45, 2.75) is 32.2 Å². The van der Waals surface area contributed by atoms with Gasteiger partial charge in [-0.2, -0.15) is 0 Å². The van der Waals surface area contributed by atoms with Gasteiger partial charge in [-0.3, -0.25) is 19.5 Å². The van der Waals surface area contributed by atoms with Crippen molar-refractivity contribution in [2.24, 2.45) is 0 Å². The van der Waals surface area contributed by atoms with Crippen molar-refractivity contribution < 1.29 is 24.2 Å². The molecule has 0 saturated carbocycles. The molecule has 2 aromatic carbocycles. The maximum absolute atomic E-state index is 13.5. The molecular weight excluding hydrogens is 502 g/mol. The second-order valence-electron chi connectivity index (χ2n) is 9.95. The molecule has 38 heavy (non-hydrogen) atoms. The highest BCUT2D eigenvalue weighted by Gasteiger charge is 2.48. The molecule has 1 unspecified atom stereocenters. The van der Waals surface area contributed by atoms with Crippen LogP contribution in [0.15, 0.2) is 66.5 Å². The summed E-state index contributed by atoms with van der Waals surface area (Å²) in [6.07, 6.45) is 3.19. The van der Waals surface area contributed by atoms with Crippen LogP contribution in [0, 0.1) is 0 Å². The minimum Gasteiger partial charge on any atom is -0.507 e. The van der Waals surface area contributed by atoms with Gasteiger partial charge in [-0.15, -0.1) is 0 Å². The quantitative estimate of drug-likeness (QED) is 0.203. The summed E-state index contributed by atoms with van der Waals surface area (Å²) in [4.78, 5) is 37.2. The number of hydrogen-bond donors (Lipinski definition) is 1. The van der Waals surface area contributed by atoms with Crippen molar-refractivity contribution in [3.8, 4) is 11.5 Å². The van der Waals surface area contributed by atoms with Gasteiger partial charge in [0, 0.05) is 18.0 Å². The van der Waals surface area contributed by atoms with Gasteiger partial charge in [0.25, 0.3) is 5.78 Å². The van der Waals surface area contributed by atoms with Crippen LogP contribution in [0.5, 0.6) is 11.5 Å². The Balaban J connectivity index is 1.69. The Morgan fingerprint density at radius 1 is 1.03 bits per heavy atom. The number of carbonyl (C=O) groups excluding carboxylic acids is 2. The molecule has 9 heteroatoms. The molecule has 5 rings (SSSR count). The number of aliphatic hydroxyl groups excluding tert-OH is 1. The van der Waals surface area contributed by atoms with Gasteiger partial charge in [-0.05, 0) is 52.9 Å². The zero-order chi connectivity index (χ0) is 27.2. The van der Waals surface area contributed by atoms with Gasteiger partial charge in [0.2, 0.25) is 0 Å². The van der Waals surface area contributed by atoms with Crippen molar-refractivity contribution in [2.75, 3.05) is 19.1 Å². The summed E-state index contributed by atoms with van der Waals surface area (Å²) >= 11 is 1.33. The number of amides is 1. The van der Waals surface area contributed by atoms with Crippen LogP contribution in [0.25, 0.3) is 16.0 Å². The Morgan fingerprint density at radius 2 is 1.79 bits per heavy atom. The SMILES string of the molecule is COc1ccc(/C(O)=C2\C(=O)C(=O)N(c3nc4ccc(C(C)(C)C)cc4s3)C2c2cccnc2)cc1OC. The van der Waals surface area contributed by atoms with Crippen molar-refractivity contribution in [1.82, 2.24) is 9.97 Å². The van der Waals surface area contributed by atoms with Crippen LogP contribution in [0.1, 0.15) is 43.5 Å². The van der Waals surface area contributed by atoms with Crippen LogP contribution < -0.4 is 14.4 Å². The highest BCUT2D eigenvalue weighted by molar-refractivity contribution is 7.22. The lowest BCUT2D eigenvalue weighted by molar-refractivity contribution is -0.132. The first-order valence-corrected chi connectivity index (χ1v) is 12.8. The third-order valence-corrected chi connectivity index (χ3v) is 7.57. The van der Waals surface area contributed by atoms with E-state index in [-0.39, 0.29) is 16.7 Å². The molecule has 0 bridgehead atoms. The number of ether oxygens (including phenoxy) is 2. The fraction of sp³-hybridized carbons (Fsp3) is 0.241. The lowest BCUT2D eigenvalue weighted by Crippen LogP contribution is -2.29. The highest BCUT2D eigenvalue weighted by atomic mass is 32.1. The van der Waals surface area contributed by atoms with Gasteiger partial charge >= 0.3 is 5.91 Å². The largest absolute Gasteiger partial charge is 0.507 e. The van der Waals surface area contributed by atoms with E-state index in [1.165, 1.54) is 30.5 Å². The maximum atomic E-state index is 13.5. The van der Waals surface area contributed by atoms with E-state index in [0.29, 0.717) is 27.8 Å². The molecule has 0 aliphatic carbocycles. The number of rotatable bonds is 5. The number of pyridine rings is 1. The van der Waals surface area contributed by atoms with E-state index < -0.39 is 17.7 Å². The smallest absolute Gasteiger partial charge is 0.301 e. The molecule has 1 amide bonds. The third-order valence-electron chi connectivity index (χ3n) is 6.55. The molecule has 0 radical (unpaired) electrons. The summed E-state index contributed by atoms with van der Waals surface area (Å²) < 4.78 is 11.6. The van der Waals surface area contributed by atoms with Crippen LogP contribution in [0.3, 0.4) is 0 Å². The number of fused-ring (bicyclic) bond motifs is 1. The number of carbonyl (C=O) groups is 2. The van der Waals surface area contributed by atoms with Crippen LogP contribution in [-0.2, 0) is 15.0 Å². The number of thiazole rings is 1. The molecule has 3 heterocycles. The lowest BCUT2D eigenvalue weighted by atomic mass is 9.87. The van der Waals surface area contributed by atoms with Gasteiger partial charge in [-0.25, -0.2) is 4.98 Å². The highest BCUT2D eigenvalue weighted by Crippen LogP contribution is 2.45. The Labute approximate surface area is 224 Å². The zero-order valence-electron chi connectivity index (χ0n) is 21.7. The molecule has 1 saturated heterocycles. The van der Waals surface area contributed by atoms with Crippen molar-refractivity contribution in [1.29, 1.82) is 0 Å². The summed E-state index contributed by atoms with van der Waals surface area (Å²) in [5.41, 5.74) is 2.64. The number of nitrogens with zero attached hydrogens (tertiary/aromatic N) is 3. The number of hydrogen-bond acceptors (Lipinski definition) is 8. The Hall–Kier alpha value is -4.24. The molecule has 2 aromatic heterocycles. The number of aliphatic hydroxyl groups is 1. The average Bonchev–Trinajstić information content (AvgIpc) is 3.45. The maximum Gasteiger partial charge on any atom is 0.301 e. The number of ketones is 1. The van der Waals surface area contributed by atoms with E-state index >= 15 is 0 Å². The first kappa shape index (κ1) is 25.4. The average molecular weight is 530 g/mol. The predicted molar refractivity (Wildman–Crippen MR) is 147 cm³/mol. The molecule has 194 valence electrons. The molecule has 1 aliphatic rings. The topological polar surface area (TPSA) is 102 Å². The van der Waals surface area contributed by atoms with E-state index in [1.807, 2.05) is 12.1 Å². The molecule has 0 spiro atoms. The second kappa shape index (κ2) is 9.57. The van der Waals surface area contributed by atoms with Crippen molar-refractivity contribution in [3.05, 3.63) is 83.2 Å². The number of methoxy groups -OCH3 is 2. The van der Waals surface area contributed by atoms with E-state index in [1.54, 1.807) is 42.7 Å².